The Morgan fingerprint density at radius 3 is 2.55 bits per heavy atom. The second kappa shape index (κ2) is 7.73. The van der Waals surface area contributed by atoms with Crippen molar-refractivity contribution in [3.05, 3.63) is 34.9 Å². The van der Waals surface area contributed by atoms with Gasteiger partial charge in [0.1, 0.15) is 17.4 Å². The Balaban J connectivity index is 2.13. The molecule has 0 bridgehead atoms. The summed E-state index contributed by atoms with van der Waals surface area (Å²) in [6, 6.07) is 9.04. The maximum absolute atomic E-state index is 12.3. The van der Waals surface area contributed by atoms with E-state index in [0.29, 0.717) is 32.0 Å². The topological polar surface area (TPSA) is 74.6 Å². The summed E-state index contributed by atoms with van der Waals surface area (Å²) in [4.78, 5) is 13.9. The van der Waals surface area contributed by atoms with Gasteiger partial charge in [-0.1, -0.05) is 0 Å². The lowest BCUT2D eigenvalue weighted by Gasteiger charge is -2.26. The number of thiol groups is 1. The summed E-state index contributed by atoms with van der Waals surface area (Å²) >= 11 is 4.26. The standard InChI is InChI=1S/C15H17N3O3S/c1-20-12-4-2-11(3-5-12)17-14(22)13(10-16)15(19)18-6-8-21-9-7-18/h2-5,17,22H,6-9H2,1H3. The van der Waals surface area contributed by atoms with Gasteiger partial charge in [0, 0.05) is 18.8 Å². The van der Waals surface area contributed by atoms with E-state index < -0.39 is 0 Å². The highest BCUT2D eigenvalue weighted by Gasteiger charge is 2.22. The fourth-order valence-corrected chi connectivity index (χ4v) is 2.27. The minimum atomic E-state index is -0.336. The van der Waals surface area contributed by atoms with Crippen molar-refractivity contribution in [3.8, 4) is 11.8 Å². The predicted molar refractivity (Wildman–Crippen MR) is 85.6 cm³/mol. The smallest absolute Gasteiger partial charge is 0.267 e. The number of hydrogen-bond acceptors (Lipinski definition) is 6. The van der Waals surface area contributed by atoms with E-state index in [-0.39, 0.29) is 16.5 Å². The van der Waals surface area contributed by atoms with Gasteiger partial charge in [-0.2, -0.15) is 5.26 Å². The molecule has 6 nitrogen and oxygen atoms in total. The number of anilines is 1. The van der Waals surface area contributed by atoms with E-state index in [1.807, 2.05) is 6.07 Å². The molecule has 0 aromatic heterocycles. The number of nitrogens with one attached hydrogen (secondary N) is 1. The monoisotopic (exact) mass is 319 g/mol. The molecule has 2 rings (SSSR count). The zero-order chi connectivity index (χ0) is 15.9. The lowest BCUT2D eigenvalue weighted by Crippen LogP contribution is -2.41. The number of methoxy groups -OCH3 is 1. The highest BCUT2D eigenvalue weighted by molar-refractivity contribution is 7.84. The first-order valence-electron chi connectivity index (χ1n) is 6.77. The van der Waals surface area contributed by atoms with Crippen molar-refractivity contribution in [2.45, 2.75) is 0 Å². The number of morpholine rings is 1. The molecule has 116 valence electrons. The van der Waals surface area contributed by atoms with Gasteiger partial charge >= 0.3 is 0 Å². The molecule has 0 unspecified atom stereocenters. The lowest BCUT2D eigenvalue weighted by atomic mass is 10.2. The fourth-order valence-electron chi connectivity index (χ4n) is 2.00. The van der Waals surface area contributed by atoms with Crippen LogP contribution in [0.1, 0.15) is 0 Å². The van der Waals surface area contributed by atoms with Crippen LogP contribution >= 0.6 is 12.6 Å². The Labute approximate surface area is 134 Å². The second-order valence-corrected chi connectivity index (χ2v) is 5.04. The molecule has 1 aromatic carbocycles. The van der Waals surface area contributed by atoms with Crippen molar-refractivity contribution >= 4 is 24.2 Å². The maximum atomic E-state index is 12.3. The molecule has 1 N–H and O–H groups in total. The van der Waals surface area contributed by atoms with E-state index in [0.717, 1.165) is 5.75 Å². The van der Waals surface area contributed by atoms with Crippen LogP contribution in [0, 0.1) is 11.3 Å². The van der Waals surface area contributed by atoms with E-state index in [4.69, 9.17) is 9.47 Å². The average molecular weight is 319 g/mol. The SMILES string of the molecule is COc1ccc(NC(S)=C(C#N)C(=O)N2CCOCC2)cc1. The second-order valence-electron chi connectivity index (χ2n) is 4.59. The number of amides is 1. The van der Waals surface area contributed by atoms with Crippen molar-refractivity contribution < 1.29 is 14.3 Å². The number of ether oxygens (including phenoxy) is 2. The van der Waals surface area contributed by atoms with Gasteiger partial charge in [0.25, 0.3) is 5.91 Å². The van der Waals surface area contributed by atoms with Crippen molar-refractivity contribution in [1.82, 2.24) is 4.90 Å². The molecule has 0 spiro atoms. The number of nitrogens with zero attached hydrogens (tertiary/aromatic N) is 2. The van der Waals surface area contributed by atoms with Crippen molar-refractivity contribution in [1.29, 1.82) is 5.26 Å². The largest absolute Gasteiger partial charge is 0.497 e. The van der Waals surface area contributed by atoms with Crippen LogP contribution in [-0.4, -0.2) is 44.2 Å². The first-order chi connectivity index (χ1) is 10.7. The third-order valence-electron chi connectivity index (χ3n) is 3.21. The summed E-state index contributed by atoms with van der Waals surface area (Å²) in [5.41, 5.74) is 0.703. The summed E-state index contributed by atoms with van der Waals surface area (Å²) in [5.74, 6) is 0.386. The molecule has 0 saturated carbocycles. The highest BCUT2D eigenvalue weighted by Crippen LogP contribution is 2.20. The van der Waals surface area contributed by atoms with E-state index in [2.05, 4.69) is 17.9 Å². The number of hydrogen-bond donors (Lipinski definition) is 2. The Kier molecular flexibility index (Phi) is 5.69. The van der Waals surface area contributed by atoms with Crippen LogP contribution in [-0.2, 0) is 9.53 Å². The van der Waals surface area contributed by atoms with Crippen LogP contribution in [0.25, 0.3) is 0 Å². The Hall–Kier alpha value is -2.17. The predicted octanol–water partition coefficient (Wildman–Crippen LogP) is 1.63. The molecule has 0 aliphatic carbocycles. The first kappa shape index (κ1) is 16.2. The molecule has 0 radical (unpaired) electrons. The fraction of sp³-hybridized carbons (Fsp3) is 0.333. The number of carbonyl (C=O) groups excluding carboxylic acids is 1. The molecule has 22 heavy (non-hydrogen) atoms. The zero-order valence-electron chi connectivity index (χ0n) is 12.2. The van der Waals surface area contributed by atoms with Crippen LogP contribution in [0.5, 0.6) is 5.75 Å². The van der Waals surface area contributed by atoms with Crippen molar-refractivity contribution in [3.63, 3.8) is 0 Å². The summed E-state index contributed by atoms with van der Waals surface area (Å²) in [5, 5.41) is 12.4. The summed E-state index contributed by atoms with van der Waals surface area (Å²) < 4.78 is 10.3. The van der Waals surface area contributed by atoms with Gasteiger partial charge in [0.05, 0.1) is 25.4 Å². The van der Waals surface area contributed by atoms with Crippen molar-refractivity contribution in [2.75, 3.05) is 38.7 Å². The third kappa shape index (κ3) is 3.93. The summed E-state index contributed by atoms with van der Waals surface area (Å²) in [6.07, 6.45) is 0. The molecule has 1 aromatic rings. The molecule has 1 aliphatic rings. The molecular weight excluding hydrogens is 302 g/mol. The molecule has 1 saturated heterocycles. The molecule has 7 heteroatoms. The Morgan fingerprint density at radius 2 is 2.00 bits per heavy atom. The minimum absolute atomic E-state index is 0.0129. The van der Waals surface area contributed by atoms with Crippen molar-refractivity contribution in [2.24, 2.45) is 0 Å². The normalized spacial score (nSPS) is 15.6. The van der Waals surface area contributed by atoms with Crippen LogP contribution in [0.3, 0.4) is 0 Å². The third-order valence-corrected chi connectivity index (χ3v) is 3.55. The number of nitriles is 1. The van der Waals surface area contributed by atoms with Crippen LogP contribution in [0.2, 0.25) is 0 Å². The zero-order valence-corrected chi connectivity index (χ0v) is 13.1. The van der Waals surface area contributed by atoms with Gasteiger partial charge in [-0.15, -0.1) is 12.6 Å². The molecule has 1 heterocycles. The summed E-state index contributed by atoms with van der Waals surface area (Å²) in [7, 11) is 1.58. The van der Waals surface area contributed by atoms with E-state index in [9.17, 15) is 10.1 Å². The Morgan fingerprint density at radius 1 is 1.36 bits per heavy atom. The van der Waals surface area contributed by atoms with Gasteiger partial charge in [0.2, 0.25) is 0 Å². The van der Waals surface area contributed by atoms with Gasteiger partial charge in [-0.3, -0.25) is 4.79 Å². The first-order valence-corrected chi connectivity index (χ1v) is 7.22. The quantitative estimate of drug-likeness (QED) is 0.501. The number of rotatable bonds is 4. The van der Waals surface area contributed by atoms with Crippen LogP contribution in [0.4, 0.5) is 5.69 Å². The molecule has 1 amide bonds. The molecule has 1 fully saturated rings. The van der Waals surface area contributed by atoms with Gasteiger partial charge in [-0.05, 0) is 24.3 Å². The van der Waals surface area contributed by atoms with Gasteiger partial charge in [-0.25, -0.2) is 0 Å². The van der Waals surface area contributed by atoms with E-state index in [1.165, 1.54) is 0 Å². The average Bonchev–Trinajstić information content (AvgIpc) is 2.57. The number of benzene rings is 1. The van der Waals surface area contributed by atoms with E-state index in [1.54, 1.807) is 36.3 Å². The molecule has 1 aliphatic heterocycles. The van der Waals surface area contributed by atoms with Crippen LogP contribution in [0.15, 0.2) is 34.9 Å². The molecule has 0 atom stereocenters. The lowest BCUT2D eigenvalue weighted by molar-refractivity contribution is -0.130. The Bertz CT molecular complexity index is 601. The van der Waals surface area contributed by atoms with Gasteiger partial charge in [0.15, 0.2) is 0 Å². The maximum Gasteiger partial charge on any atom is 0.267 e. The van der Waals surface area contributed by atoms with E-state index >= 15 is 0 Å². The van der Waals surface area contributed by atoms with Crippen LogP contribution < -0.4 is 10.1 Å². The number of carbonyl (C=O) groups is 1. The molecular formula is C15H17N3O3S. The minimum Gasteiger partial charge on any atom is -0.497 e. The highest BCUT2D eigenvalue weighted by atomic mass is 32.1. The van der Waals surface area contributed by atoms with Gasteiger partial charge < -0.3 is 19.7 Å². The summed E-state index contributed by atoms with van der Waals surface area (Å²) in [6.45, 7) is 1.93.